The van der Waals surface area contributed by atoms with Crippen LogP contribution in [0.4, 0.5) is 13.2 Å². The van der Waals surface area contributed by atoms with Gasteiger partial charge in [-0.25, -0.2) is 13.2 Å². The molecule has 2 nitrogen and oxygen atoms in total. The van der Waals surface area contributed by atoms with Gasteiger partial charge in [0.1, 0.15) is 17.5 Å². The summed E-state index contributed by atoms with van der Waals surface area (Å²) in [7, 11) is 0. The van der Waals surface area contributed by atoms with Gasteiger partial charge in [-0.1, -0.05) is 0 Å². The van der Waals surface area contributed by atoms with Crippen LogP contribution in [0.2, 0.25) is 0 Å². The van der Waals surface area contributed by atoms with Gasteiger partial charge in [0, 0.05) is 28.7 Å². The van der Waals surface area contributed by atoms with Crippen LogP contribution in [-0.4, -0.2) is 10.8 Å². The highest BCUT2D eigenvalue weighted by atomic mass is 19.1. The van der Waals surface area contributed by atoms with E-state index in [2.05, 4.69) is 4.98 Å². The number of ketones is 1. The molecule has 0 bridgehead atoms. The maximum atomic E-state index is 13.8. The van der Waals surface area contributed by atoms with E-state index < -0.39 is 23.2 Å². The Labute approximate surface area is 118 Å². The Morgan fingerprint density at radius 2 is 1.76 bits per heavy atom. The minimum Gasteiger partial charge on any atom is -0.360 e. The summed E-state index contributed by atoms with van der Waals surface area (Å²) in [6.45, 7) is 1.44. The van der Waals surface area contributed by atoms with E-state index in [0.717, 1.165) is 6.07 Å². The number of aromatic nitrogens is 1. The Hall–Kier alpha value is -2.56. The smallest absolute Gasteiger partial charge is 0.198 e. The fraction of sp³-hybridized carbons (Fsp3) is 0.0625. The number of H-pyrrole nitrogens is 1. The van der Waals surface area contributed by atoms with Gasteiger partial charge in [-0.15, -0.1) is 0 Å². The molecule has 0 spiro atoms. The monoisotopic (exact) mass is 289 g/mol. The van der Waals surface area contributed by atoms with Crippen LogP contribution in [0.25, 0.3) is 10.9 Å². The van der Waals surface area contributed by atoms with Crippen molar-refractivity contribution in [2.75, 3.05) is 0 Å². The number of halogens is 3. The van der Waals surface area contributed by atoms with Gasteiger partial charge in [0.05, 0.1) is 5.56 Å². The number of aryl methyl sites for hydroxylation is 1. The van der Waals surface area contributed by atoms with Crippen LogP contribution in [0.5, 0.6) is 0 Å². The van der Waals surface area contributed by atoms with Gasteiger partial charge >= 0.3 is 0 Å². The molecule has 1 heterocycles. The van der Waals surface area contributed by atoms with Crippen LogP contribution in [0.1, 0.15) is 21.5 Å². The molecule has 2 aromatic carbocycles. The van der Waals surface area contributed by atoms with Crippen molar-refractivity contribution in [1.29, 1.82) is 0 Å². The van der Waals surface area contributed by atoms with Crippen LogP contribution in [0, 0.1) is 24.4 Å². The summed E-state index contributed by atoms with van der Waals surface area (Å²) >= 11 is 0. The molecule has 1 aromatic heterocycles. The number of carbonyl (C=O) groups is 1. The summed E-state index contributed by atoms with van der Waals surface area (Å²) in [4.78, 5) is 15.2. The molecule has 0 fully saturated rings. The van der Waals surface area contributed by atoms with Crippen molar-refractivity contribution in [3.8, 4) is 0 Å². The van der Waals surface area contributed by atoms with Crippen LogP contribution < -0.4 is 0 Å². The Morgan fingerprint density at radius 1 is 1.00 bits per heavy atom. The summed E-state index contributed by atoms with van der Waals surface area (Å²) < 4.78 is 40.4. The Kier molecular flexibility index (Phi) is 3.05. The Bertz CT molecular complexity index is 867. The van der Waals surface area contributed by atoms with Gasteiger partial charge in [-0.2, -0.15) is 0 Å². The third-order valence-electron chi connectivity index (χ3n) is 3.38. The van der Waals surface area contributed by atoms with Gasteiger partial charge in [0.15, 0.2) is 5.78 Å². The molecule has 21 heavy (non-hydrogen) atoms. The highest BCUT2D eigenvalue weighted by Crippen LogP contribution is 2.24. The lowest BCUT2D eigenvalue weighted by molar-refractivity contribution is 0.103. The second-order valence-electron chi connectivity index (χ2n) is 4.80. The third kappa shape index (κ3) is 2.20. The first-order chi connectivity index (χ1) is 9.97. The topological polar surface area (TPSA) is 32.9 Å². The van der Waals surface area contributed by atoms with E-state index >= 15 is 0 Å². The number of aromatic amines is 1. The zero-order valence-corrected chi connectivity index (χ0v) is 11.0. The first-order valence-electron chi connectivity index (χ1n) is 6.24. The van der Waals surface area contributed by atoms with Crippen LogP contribution in [0.15, 0.2) is 36.5 Å². The Balaban J connectivity index is 2.17. The number of carbonyl (C=O) groups excluding carboxylic acids is 1. The lowest BCUT2D eigenvalue weighted by Gasteiger charge is -2.04. The summed E-state index contributed by atoms with van der Waals surface area (Å²) in [5.74, 6) is -2.76. The number of hydrogen-bond acceptors (Lipinski definition) is 1. The molecule has 0 radical (unpaired) electrons. The standard InChI is InChI=1S/C16H10F3NO/c1-8-4-11(14(19)6-13(8)18)16(21)12-7-20-15-3-2-9(17)5-10(12)15/h2-7,20H,1H3. The van der Waals surface area contributed by atoms with Crippen molar-refractivity contribution < 1.29 is 18.0 Å². The summed E-state index contributed by atoms with van der Waals surface area (Å²) in [6.07, 6.45) is 1.39. The van der Waals surface area contributed by atoms with Gasteiger partial charge in [0.25, 0.3) is 0 Å². The summed E-state index contributed by atoms with van der Waals surface area (Å²) in [6, 6.07) is 5.79. The molecular weight excluding hydrogens is 279 g/mol. The average molecular weight is 289 g/mol. The molecule has 0 amide bonds. The molecule has 3 rings (SSSR count). The van der Waals surface area contributed by atoms with Gasteiger partial charge in [-0.3, -0.25) is 4.79 Å². The number of hydrogen-bond donors (Lipinski definition) is 1. The third-order valence-corrected chi connectivity index (χ3v) is 3.38. The molecule has 1 N–H and O–H groups in total. The number of benzene rings is 2. The van der Waals surface area contributed by atoms with Crippen molar-refractivity contribution in [3.05, 3.63) is 70.7 Å². The maximum absolute atomic E-state index is 13.8. The molecule has 0 saturated carbocycles. The van der Waals surface area contributed by atoms with Crippen molar-refractivity contribution in [1.82, 2.24) is 4.98 Å². The number of rotatable bonds is 2. The van der Waals surface area contributed by atoms with E-state index in [1.165, 1.54) is 31.3 Å². The van der Waals surface area contributed by atoms with E-state index in [4.69, 9.17) is 0 Å². The molecule has 3 aromatic rings. The molecule has 0 aliphatic carbocycles. The largest absolute Gasteiger partial charge is 0.360 e. The minimum absolute atomic E-state index is 0.148. The first-order valence-corrected chi connectivity index (χ1v) is 6.24. The number of nitrogens with one attached hydrogen (secondary N) is 1. The lowest BCUT2D eigenvalue weighted by atomic mass is 10.0. The summed E-state index contributed by atoms with van der Waals surface area (Å²) in [5, 5.41) is 0.362. The predicted octanol–water partition coefficient (Wildman–Crippen LogP) is 4.12. The zero-order chi connectivity index (χ0) is 15.1. The van der Waals surface area contributed by atoms with E-state index in [0.29, 0.717) is 17.0 Å². The van der Waals surface area contributed by atoms with Crippen molar-refractivity contribution in [2.45, 2.75) is 6.92 Å². The average Bonchev–Trinajstić information content (AvgIpc) is 2.85. The highest BCUT2D eigenvalue weighted by molar-refractivity contribution is 6.16. The molecule has 0 aliphatic rings. The minimum atomic E-state index is -0.936. The highest BCUT2D eigenvalue weighted by Gasteiger charge is 2.19. The SMILES string of the molecule is Cc1cc(C(=O)c2c[nH]c3ccc(F)cc23)c(F)cc1F. The molecule has 106 valence electrons. The van der Waals surface area contributed by atoms with Gasteiger partial charge in [0.2, 0.25) is 0 Å². The second-order valence-corrected chi connectivity index (χ2v) is 4.80. The first kappa shape index (κ1) is 13.4. The molecular formula is C16H10F3NO. The van der Waals surface area contributed by atoms with E-state index in [1.807, 2.05) is 0 Å². The zero-order valence-electron chi connectivity index (χ0n) is 11.0. The van der Waals surface area contributed by atoms with Crippen molar-refractivity contribution in [2.24, 2.45) is 0 Å². The van der Waals surface area contributed by atoms with Crippen molar-refractivity contribution in [3.63, 3.8) is 0 Å². The van der Waals surface area contributed by atoms with Crippen LogP contribution in [0.3, 0.4) is 0 Å². The van der Waals surface area contributed by atoms with E-state index in [9.17, 15) is 18.0 Å². The maximum Gasteiger partial charge on any atom is 0.198 e. The Morgan fingerprint density at radius 3 is 2.52 bits per heavy atom. The predicted molar refractivity (Wildman–Crippen MR) is 72.8 cm³/mol. The molecule has 0 atom stereocenters. The second kappa shape index (κ2) is 4.77. The van der Waals surface area contributed by atoms with Gasteiger partial charge < -0.3 is 4.98 Å². The van der Waals surface area contributed by atoms with Gasteiger partial charge in [-0.05, 0) is 36.8 Å². The molecule has 5 heteroatoms. The van der Waals surface area contributed by atoms with E-state index in [-0.39, 0.29) is 16.7 Å². The van der Waals surface area contributed by atoms with Crippen LogP contribution >= 0.6 is 0 Å². The van der Waals surface area contributed by atoms with E-state index in [1.54, 1.807) is 0 Å². The quantitative estimate of drug-likeness (QED) is 0.707. The van der Waals surface area contributed by atoms with Crippen molar-refractivity contribution >= 4 is 16.7 Å². The fourth-order valence-electron chi connectivity index (χ4n) is 2.26. The number of fused-ring (bicyclic) bond motifs is 1. The summed E-state index contributed by atoms with van der Waals surface area (Å²) in [5.41, 5.74) is 0.651. The van der Waals surface area contributed by atoms with Crippen LogP contribution in [-0.2, 0) is 0 Å². The fourth-order valence-corrected chi connectivity index (χ4v) is 2.26. The lowest BCUT2D eigenvalue weighted by Crippen LogP contribution is -2.05. The molecule has 0 unspecified atom stereocenters. The molecule has 0 aliphatic heterocycles. The normalized spacial score (nSPS) is 11.0. The molecule has 0 saturated heterocycles.